The summed E-state index contributed by atoms with van der Waals surface area (Å²) in [6, 6.07) is 20.3. The molecule has 0 bridgehead atoms. The summed E-state index contributed by atoms with van der Waals surface area (Å²) in [7, 11) is 4.15. The van der Waals surface area contributed by atoms with Crippen molar-refractivity contribution in [1.29, 1.82) is 0 Å². The van der Waals surface area contributed by atoms with Crippen LogP contribution in [0, 0.1) is 11.8 Å². The highest BCUT2D eigenvalue weighted by molar-refractivity contribution is 9.10. The lowest BCUT2D eigenvalue weighted by Crippen LogP contribution is -2.50. The standard InChI is InChI=1S/C26H26BrClN2O2/c1-16-21(15-30(2)3)23(17-7-5-4-6-8-17)26(18-9-11-19(27)12-10-18)25(16,31)24-22(32-26)13-20(28)14-29-24/h4-14,16,21,23,31H,15H2,1-3H3/t16-,21+,23-,25-,26+/m1/s1. The first-order chi connectivity index (χ1) is 15.3. The summed E-state index contributed by atoms with van der Waals surface area (Å²) >= 11 is 9.84. The molecule has 3 aromatic rings. The number of hydrogen-bond acceptors (Lipinski definition) is 4. The van der Waals surface area contributed by atoms with Crippen LogP contribution in [0.2, 0.25) is 5.02 Å². The summed E-state index contributed by atoms with van der Waals surface area (Å²) in [5.41, 5.74) is 0.291. The summed E-state index contributed by atoms with van der Waals surface area (Å²) in [5.74, 6) is 0.472. The van der Waals surface area contributed by atoms with Gasteiger partial charge in [0.05, 0.1) is 5.02 Å². The second-order valence-electron chi connectivity index (χ2n) is 9.21. The maximum Gasteiger partial charge on any atom is 0.176 e. The molecule has 1 aromatic heterocycles. The Morgan fingerprint density at radius 2 is 1.81 bits per heavy atom. The summed E-state index contributed by atoms with van der Waals surface area (Å²) < 4.78 is 7.82. The molecule has 0 unspecified atom stereocenters. The number of halogens is 2. The molecular weight excluding hydrogens is 488 g/mol. The van der Waals surface area contributed by atoms with Crippen molar-refractivity contribution >= 4 is 27.5 Å². The molecule has 1 N–H and O–H groups in total. The lowest BCUT2D eigenvalue weighted by molar-refractivity contribution is -0.126. The lowest BCUT2D eigenvalue weighted by Gasteiger charge is -2.41. The Balaban J connectivity index is 1.83. The smallest absolute Gasteiger partial charge is 0.176 e. The molecule has 1 aliphatic heterocycles. The molecule has 2 aromatic carbocycles. The molecule has 1 fully saturated rings. The number of benzene rings is 2. The fourth-order valence-corrected chi connectivity index (χ4v) is 6.36. The highest BCUT2D eigenvalue weighted by Crippen LogP contribution is 2.70. The van der Waals surface area contributed by atoms with Crippen LogP contribution in [-0.2, 0) is 11.2 Å². The van der Waals surface area contributed by atoms with Crippen molar-refractivity contribution in [2.45, 2.75) is 24.0 Å². The van der Waals surface area contributed by atoms with E-state index in [0.717, 1.165) is 22.1 Å². The number of fused-ring (bicyclic) bond motifs is 3. The largest absolute Gasteiger partial charge is 0.476 e. The number of pyridine rings is 1. The number of hydrogen-bond donors (Lipinski definition) is 1. The van der Waals surface area contributed by atoms with Gasteiger partial charge in [-0.1, -0.05) is 76.9 Å². The number of ether oxygens (including phenoxy) is 1. The Morgan fingerprint density at radius 3 is 2.47 bits per heavy atom. The van der Waals surface area contributed by atoms with Crippen LogP contribution in [0.15, 0.2) is 71.3 Å². The average Bonchev–Trinajstić information content (AvgIpc) is 3.12. The van der Waals surface area contributed by atoms with E-state index in [1.165, 1.54) is 0 Å². The van der Waals surface area contributed by atoms with Gasteiger partial charge in [0.1, 0.15) is 11.4 Å². The van der Waals surface area contributed by atoms with E-state index in [0.29, 0.717) is 16.5 Å². The first-order valence-electron chi connectivity index (χ1n) is 10.8. The molecule has 2 aliphatic rings. The Kier molecular flexibility index (Phi) is 5.37. The van der Waals surface area contributed by atoms with Crippen molar-refractivity contribution in [3.63, 3.8) is 0 Å². The third kappa shape index (κ3) is 2.98. The van der Waals surface area contributed by atoms with Gasteiger partial charge in [-0.3, -0.25) is 4.98 Å². The first kappa shape index (κ1) is 21.9. The van der Waals surface area contributed by atoms with Gasteiger partial charge in [0.15, 0.2) is 11.2 Å². The van der Waals surface area contributed by atoms with E-state index in [1.807, 2.05) is 30.3 Å². The van der Waals surface area contributed by atoms with Gasteiger partial charge in [-0.15, -0.1) is 0 Å². The van der Waals surface area contributed by atoms with E-state index in [4.69, 9.17) is 16.3 Å². The minimum Gasteiger partial charge on any atom is -0.476 e. The molecule has 0 amide bonds. The molecule has 0 saturated heterocycles. The second kappa shape index (κ2) is 7.84. The molecule has 0 spiro atoms. The minimum atomic E-state index is -1.32. The minimum absolute atomic E-state index is 0.0970. The summed E-state index contributed by atoms with van der Waals surface area (Å²) in [4.78, 5) is 6.81. The van der Waals surface area contributed by atoms with E-state index in [-0.39, 0.29) is 17.8 Å². The Labute approximate surface area is 202 Å². The van der Waals surface area contributed by atoms with Gasteiger partial charge < -0.3 is 14.7 Å². The molecule has 166 valence electrons. The maximum absolute atomic E-state index is 12.7. The van der Waals surface area contributed by atoms with E-state index in [2.05, 4.69) is 71.1 Å². The van der Waals surface area contributed by atoms with Gasteiger partial charge in [0, 0.05) is 29.2 Å². The first-order valence-corrected chi connectivity index (χ1v) is 12.0. The van der Waals surface area contributed by atoms with Gasteiger partial charge in [0.2, 0.25) is 0 Å². The summed E-state index contributed by atoms with van der Waals surface area (Å²) in [5, 5.41) is 13.2. The fourth-order valence-electron chi connectivity index (χ4n) is 5.95. The second-order valence-corrected chi connectivity index (χ2v) is 10.6. The van der Waals surface area contributed by atoms with Gasteiger partial charge in [-0.25, -0.2) is 0 Å². The van der Waals surface area contributed by atoms with Crippen LogP contribution in [0.1, 0.15) is 29.7 Å². The monoisotopic (exact) mass is 512 g/mol. The van der Waals surface area contributed by atoms with Crippen LogP contribution >= 0.6 is 27.5 Å². The van der Waals surface area contributed by atoms with Crippen LogP contribution in [0.3, 0.4) is 0 Å². The van der Waals surface area contributed by atoms with Crippen molar-refractivity contribution in [3.05, 3.63) is 93.2 Å². The van der Waals surface area contributed by atoms with Crippen LogP contribution in [0.5, 0.6) is 5.75 Å². The maximum atomic E-state index is 12.7. The third-order valence-corrected chi connectivity index (χ3v) is 7.93. The number of aromatic nitrogens is 1. The molecular formula is C26H26BrClN2O2. The van der Waals surface area contributed by atoms with E-state index >= 15 is 0 Å². The molecule has 2 heterocycles. The highest BCUT2D eigenvalue weighted by Gasteiger charge is 2.75. The van der Waals surface area contributed by atoms with Gasteiger partial charge in [-0.05, 0) is 49.2 Å². The topological polar surface area (TPSA) is 45.6 Å². The van der Waals surface area contributed by atoms with Crippen molar-refractivity contribution < 1.29 is 9.84 Å². The number of nitrogens with zero attached hydrogens (tertiary/aromatic N) is 2. The Hall–Kier alpha value is -1.92. The van der Waals surface area contributed by atoms with Gasteiger partial charge >= 0.3 is 0 Å². The predicted molar refractivity (Wildman–Crippen MR) is 130 cm³/mol. The summed E-state index contributed by atoms with van der Waals surface area (Å²) in [6.45, 7) is 2.94. The summed E-state index contributed by atoms with van der Waals surface area (Å²) in [6.07, 6.45) is 1.60. The molecule has 1 aliphatic carbocycles. The molecule has 6 heteroatoms. The van der Waals surface area contributed by atoms with Crippen LogP contribution in [0.4, 0.5) is 0 Å². The SMILES string of the molecule is C[C@@H]1[C@H](CN(C)C)[C@@H](c2ccccc2)[C@]2(c3ccc(Br)cc3)Oc3cc(Cl)cnc3[C@]12O. The Morgan fingerprint density at radius 1 is 1.12 bits per heavy atom. The normalized spacial score (nSPS) is 30.8. The van der Waals surface area contributed by atoms with Crippen molar-refractivity contribution in [2.24, 2.45) is 11.8 Å². The van der Waals surface area contributed by atoms with Crippen molar-refractivity contribution in [1.82, 2.24) is 9.88 Å². The van der Waals surface area contributed by atoms with Crippen LogP contribution < -0.4 is 4.74 Å². The zero-order valence-corrected chi connectivity index (χ0v) is 20.6. The molecule has 1 saturated carbocycles. The Bertz CT molecular complexity index is 1140. The van der Waals surface area contributed by atoms with Crippen molar-refractivity contribution in [3.8, 4) is 5.75 Å². The predicted octanol–water partition coefficient (Wildman–Crippen LogP) is 5.58. The van der Waals surface area contributed by atoms with Crippen LogP contribution in [0.25, 0.3) is 0 Å². The number of rotatable bonds is 4. The molecule has 5 atom stereocenters. The zero-order valence-electron chi connectivity index (χ0n) is 18.3. The quantitative estimate of drug-likeness (QED) is 0.494. The zero-order chi connectivity index (χ0) is 22.7. The van der Waals surface area contributed by atoms with Gasteiger partial charge in [-0.2, -0.15) is 0 Å². The van der Waals surface area contributed by atoms with E-state index in [1.54, 1.807) is 12.3 Å². The fraction of sp³-hybridized carbons (Fsp3) is 0.346. The highest BCUT2D eigenvalue weighted by atomic mass is 79.9. The van der Waals surface area contributed by atoms with E-state index < -0.39 is 11.2 Å². The molecule has 4 nitrogen and oxygen atoms in total. The van der Waals surface area contributed by atoms with Crippen LogP contribution in [-0.4, -0.2) is 35.6 Å². The molecule has 32 heavy (non-hydrogen) atoms. The lowest BCUT2D eigenvalue weighted by atomic mass is 9.71. The average molecular weight is 514 g/mol. The molecule has 0 radical (unpaired) electrons. The van der Waals surface area contributed by atoms with E-state index in [9.17, 15) is 5.11 Å². The number of aliphatic hydroxyl groups is 1. The third-order valence-electron chi connectivity index (χ3n) is 7.19. The molecule has 5 rings (SSSR count). The van der Waals surface area contributed by atoms with Crippen molar-refractivity contribution in [2.75, 3.05) is 20.6 Å². The van der Waals surface area contributed by atoms with Gasteiger partial charge in [0.25, 0.3) is 0 Å².